The second-order valence-electron chi connectivity index (χ2n) is 18.1. The Balaban J connectivity index is 1.51. The van der Waals surface area contributed by atoms with E-state index >= 15 is 0 Å². The number of aromatic nitrogens is 7. The van der Waals surface area contributed by atoms with Crippen molar-refractivity contribution in [3.63, 3.8) is 0 Å². The third-order valence-electron chi connectivity index (χ3n) is 11.8. The van der Waals surface area contributed by atoms with E-state index in [9.17, 15) is 24.5 Å². The second kappa shape index (κ2) is 21.6. The van der Waals surface area contributed by atoms with Crippen molar-refractivity contribution >= 4 is 77.2 Å². The lowest BCUT2D eigenvalue weighted by molar-refractivity contribution is -0.118. The van der Waals surface area contributed by atoms with Gasteiger partial charge in [0.1, 0.15) is 30.7 Å². The summed E-state index contributed by atoms with van der Waals surface area (Å²) < 4.78 is 60.8. The van der Waals surface area contributed by atoms with Crippen LogP contribution in [0, 0.1) is 23.2 Å². The van der Waals surface area contributed by atoms with E-state index in [1.54, 1.807) is 26.1 Å². The molecule has 2 bridgehead atoms. The first-order valence-electron chi connectivity index (χ1n) is 22.0. The van der Waals surface area contributed by atoms with Crippen LogP contribution in [0.4, 0.5) is 5.95 Å². The first-order valence-corrected chi connectivity index (χ1v) is 31.1. The molecule has 2 unspecified atom stereocenters. The highest BCUT2D eigenvalue weighted by atomic mass is 32.5. The number of ether oxygens (including phenoxy) is 2. The first kappa shape index (κ1) is 52.8. The molecule has 3 aromatic rings. The van der Waals surface area contributed by atoms with Crippen LogP contribution in [0.1, 0.15) is 94.7 Å². The Morgan fingerprint density at radius 2 is 1.76 bits per heavy atom. The number of hydrogen-bond acceptors (Lipinski definition) is 20. The van der Waals surface area contributed by atoms with Gasteiger partial charge in [-0.1, -0.05) is 74.5 Å². The number of carbonyl (C=O) groups is 1. The van der Waals surface area contributed by atoms with E-state index in [1.807, 2.05) is 55.4 Å². The molecule has 9 atom stereocenters. The molecule has 22 nitrogen and oxygen atoms in total. The largest absolute Gasteiger partial charge is 0.474 e. The highest BCUT2D eigenvalue weighted by Gasteiger charge is 2.60. The van der Waals surface area contributed by atoms with Crippen LogP contribution in [0.3, 0.4) is 0 Å². The van der Waals surface area contributed by atoms with Crippen LogP contribution in [-0.2, 0) is 64.3 Å². The quantitative estimate of drug-likeness (QED) is 0.0754. The minimum Gasteiger partial charge on any atom is -0.474 e. The van der Waals surface area contributed by atoms with Crippen LogP contribution >= 0.6 is 13.4 Å². The van der Waals surface area contributed by atoms with Gasteiger partial charge in [0.25, 0.3) is 5.56 Å². The molecule has 1 saturated carbocycles. The standard InChI is InChI=1S/C38H61N9O13P2S2Si2/c1-21(2)35(48)43-38-42-34-31(36(49)44-38)45-46-47(34)37-33-32(59-66(24(7)8,25(9)10)60-65(51,22(3)4)23(5)6)29(56-37)19-53-61(50,63)57-28-17-27(55-30-12-14-40-20-41-30)16-26(28)18-54-62(64,58-33)52-15-11-13-39/h12,14,20-29,32-33,37,51H,11,15-19H2,1-10H3,(H,50,63)(H2,42,43,44,48,49)/t26-,27-,28+,29-,32-,33-,37-,61?,62?/m1/s1. The topological polar surface area (TPSA) is 279 Å². The molecule has 4 N–H and O–H groups in total. The van der Waals surface area contributed by atoms with Crippen LogP contribution in [0.15, 0.2) is 23.4 Å². The summed E-state index contributed by atoms with van der Waals surface area (Å²) in [5.74, 6) is -1.19. The summed E-state index contributed by atoms with van der Waals surface area (Å²) in [6.45, 7) is 10.1. The van der Waals surface area contributed by atoms with E-state index in [2.05, 4.69) is 41.6 Å². The van der Waals surface area contributed by atoms with Gasteiger partial charge in [-0.3, -0.25) is 24.4 Å². The lowest BCUT2D eigenvalue weighted by Gasteiger charge is -2.47. The lowest BCUT2D eigenvalue weighted by Crippen LogP contribution is -2.62. The van der Waals surface area contributed by atoms with Crippen molar-refractivity contribution in [1.82, 2.24) is 34.9 Å². The number of nitrogens with one attached hydrogen (secondary N) is 2. The smallest absolute Gasteiger partial charge is 0.335 e. The second-order valence-corrected chi connectivity index (χ2v) is 32.5. The molecule has 28 heteroatoms. The molecule has 6 rings (SSSR count). The van der Waals surface area contributed by atoms with E-state index in [-0.39, 0.29) is 65.3 Å². The number of H-pyrrole nitrogens is 1. The summed E-state index contributed by atoms with van der Waals surface area (Å²) in [5.41, 5.74) is -2.06. The van der Waals surface area contributed by atoms with Crippen molar-refractivity contribution in [2.45, 2.75) is 147 Å². The number of anilines is 1. The zero-order valence-corrected chi connectivity index (χ0v) is 44.1. The summed E-state index contributed by atoms with van der Waals surface area (Å²) >= 11 is 11.9. The summed E-state index contributed by atoms with van der Waals surface area (Å²) in [6, 6.07) is 3.68. The molecule has 0 radical (unpaired) electrons. The summed E-state index contributed by atoms with van der Waals surface area (Å²) in [7, 11) is -7.24. The first-order chi connectivity index (χ1) is 31.0. The molecule has 2 aliphatic heterocycles. The maximum absolute atomic E-state index is 13.4. The third-order valence-corrected chi connectivity index (χ3v) is 25.5. The fourth-order valence-electron chi connectivity index (χ4n) is 8.16. The minimum absolute atomic E-state index is 0.0625. The molecule has 1 aliphatic carbocycles. The number of nitrogens with zero attached hydrogens (tertiary/aromatic N) is 7. The number of carbonyl (C=O) groups excluding carboxylic acids is 1. The van der Waals surface area contributed by atoms with E-state index in [1.165, 1.54) is 11.0 Å². The third kappa shape index (κ3) is 11.9. The van der Waals surface area contributed by atoms with Crippen LogP contribution in [-0.4, -0.2) is 118 Å². The lowest BCUT2D eigenvalue weighted by atomic mass is 10.1. The Labute approximate surface area is 396 Å². The SMILES string of the molecule is CC(C)C(=O)Nc1nc2c(nnn2[C@@H]2O[C@@H]3COP(O)(=S)O[C@H]4C[C@H](Oc5ccncn5)C[C@@H]4COP(=S)(OCCC#N)O[C@@H]2[C@@H]3O[Si](O[Si](O)(C(C)C)C(C)C)(C(C)C)C(C)C)c(=O)[nH]1. The van der Waals surface area contributed by atoms with E-state index < -0.39 is 97.2 Å². The molecule has 3 aliphatic rings. The van der Waals surface area contributed by atoms with Gasteiger partial charge < -0.3 is 45.8 Å². The van der Waals surface area contributed by atoms with Gasteiger partial charge in [-0.2, -0.15) is 14.9 Å². The number of nitriles is 1. The Morgan fingerprint density at radius 1 is 1.05 bits per heavy atom. The van der Waals surface area contributed by atoms with Crippen LogP contribution < -0.4 is 15.6 Å². The van der Waals surface area contributed by atoms with Crippen molar-refractivity contribution < 1.29 is 55.1 Å². The number of hydrogen-bond donors (Lipinski definition) is 4. The molecule has 3 aromatic heterocycles. The van der Waals surface area contributed by atoms with Gasteiger partial charge >= 0.3 is 30.6 Å². The molecule has 1 amide bonds. The molecule has 366 valence electrons. The van der Waals surface area contributed by atoms with Gasteiger partial charge in [0.05, 0.1) is 38.4 Å². The van der Waals surface area contributed by atoms with Crippen LogP contribution in [0.2, 0.25) is 22.2 Å². The Bertz CT molecular complexity index is 2350. The fourth-order valence-corrected chi connectivity index (χ4v) is 21.7. The fraction of sp³-hybridized carbons (Fsp3) is 0.737. The molecule has 5 heterocycles. The van der Waals surface area contributed by atoms with Crippen molar-refractivity contribution in [3.05, 3.63) is 28.9 Å². The van der Waals surface area contributed by atoms with Gasteiger partial charge in [0, 0.05) is 30.5 Å². The number of amides is 1. The molecule has 2 saturated heterocycles. The molecular weight excluding hydrogens is 973 g/mol. The van der Waals surface area contributed by atoms with Gasteiger partial charge in [-0.15, -0.1) is 5.10 Å². The Morgan fingerprint density at radius 3 is 2.38 bits per heavy atom. The maximum Gasteiger partial charge on any atom is 0.335 e. The maximum atomic E-state index is 13.4. The highest BCUT2D eigenvalue weighted by molar-refractivity contribution is 8.07. The van der Waals surface area contributed by atoms with E-state index in [4.69, 9.17) is 64.2 Å². The average Bonchev–Trinajstić information content (AvgIpc) is 3.93. The van der Waals surface area contributed by atoms with Crippen LogP contribution in [0.25, 0.3) is 11.2 Å². The zero-order chi connectivity index (χ0) is 48.4. The van der Waals surface area contributed by atoms with Gasteiger partial charge in [0.15, 0.2) is 17.4 Å². The van der Waals surface area contributed by atoms with Crippen molar-refractivity contribution in [3.8, 4) is 11.9 Å². The number of fused-ring (bicyclic) bond motifs is 4. The summed E-state index contributed by atoms with van der Waals surface area (Å²) in [6.07, 6.45) is -2.88. The van der Waals surface area contributed by atoms with Crippen LogP contribution in [0.5, 0.6) is 5.88 Å². The van der Waals surface area contributed by atoms with E-state index in [0.29, 0.717) is 12.3 Å². The van der Waals surface area contributed by atoms with E-state index in [0.717, 1.165) is 0 Å². The summed E-state index contributed by atoms with van der Waals surface area (Å²) in [4.78, 5) is 65.6. The van der Waals surface area contributed by atoms with Crippen molar-refractivity contribution in [1.29, 1.82) is 5.26 Å². The number of aromatic amines is 1. The van der Waals surface area contributed by atoms with Gasteiger partial charge in [0.2, 0.25) is 17.7 Å². The summed E-state index contributed by atoms with van der Waals surface area (Å²) in [5, 5.41) is 20.6. The molecule has 66 heavy (non-hydrogen) atoms. The normalized spacial score (nSPS) is 28.9. The highest BCUT2D eigenvalue weighted by Crippen LogP contribution is 2.58. The minimum atomic E-state index is -4.10. The molecule has 0 spiro atoms. The van der Waals surface area contributed by atoms with Crippen molar-refractivity contribution in [2.24, 2.45) is 11.8 Å². The molecule has 3 fully saturated rings. The molecule has 0 aromatic carbocycles. The number of rotatable bonds is 16. The zero-order valence-electron chi connectivity index (χ0n) is 38.6. The Hall–Kier alpha value is -2.55. The molecular formula is C38H61N9O13P2S2Si2. The van der Waals surface area contributed by atoms with Crippen molar-refractivity contribution in [2.75, 3.05) is 25.1 Å². The van der Waals surface area contributed by atoms with Gasteiger partial charge in [-0.25, -0.2) is 9.97 Å². The average molecular weight is 1030 g/mol. The monoisotopic (exact) mass is 1030 g/mol. The Kier molecular flexibility index (Phi) is 17.3. The van der Waals surface area contributed by atoms with Gasteiger partial charge in [-0.05, 0) is 52.2 Å². The predicted molar refractivity (Wildman–Crippen MR) is 251 cm³/mol. The predicted octanol–water partition coefficient (Wildman–Crippen LogP) is 5.76.